The van der Waals surface area contributed by atoms with E-state index in [1.165, 1.54) is 21.9 Å². The van der Waals surface area contributed by atoms with Crippen LogP contribution in [0.1, 0.15) is 83.5 Å². The van der Waals surface area contributed by atoms with Crippen LogP contribution in [0.25, 0.3) is 33.4 Å². The van der Waals surface area contributed by atoms with E-state index in [0.29, 0.717) is 25.8 Å². The number of nitrogens with zero attached hydrogens (tertiary/aromatic N) is 4. The van der Waals surface area contributed by atoms with E-state index in [1.54, 1.807) is 0 Å². The van der Waals surface area contributed by atoms with Crippen LogP contribution in [-0.2, 0) is 38.5 Å². The van der Waals surface area contributed by atoms with E-state index in [0.717, 1.165) is 50.7 Å². The van der Waals surface area contributed by atoms with Gasteiger partial charge in [0.05, 0.1) is 28.7 Å². The summed E-state index contributed by atoms with van der Waals surface area (Å²) in [5, 5.41) is 8.51. The van der Waals surface area contributed by atoms with Crippen molar-refractivity contribution in [2.75, 3.05) is 13.2 Å². The second-order valence-electron chi connectivity index (χ2n) is 15.8. The van der Waals surface area contributed by atoms with Crippen LogP contribution >= 0.6 is 11.3 Å². The molecule has 10 nitrogen and oxygen atoms in total. The molecule has 1 saturated carbocycles. The molecule has 0 spiro atoms. The fourth-order valence-electron chi connectivity index (χ4n) is 8.00. The number of esters is 1. The number of aryl methyl sites for hydroxylation is 1. The van der Waals surface area contributed by atoms with E-state index in [9.17, 15) is 14.4 Å². The predicted octanol–water partition coefficient (Wildman–Crippen LogP) is 6.52. The molecule has 1 aromatic carbocycles. The van der Waals surface area contributed by atoms with E-state index >= 15 is 0 Å². The molecule has 1 saturated heterocycles. The second-order valence-corrected chi connectivity index (χ2v) is 16.7. The standard InChI is InChI=1S/C40H50N6O4S/c1-8-45-32-14-13-25-17-27(32)28(36(45)26-11-9-15-41-35(26)22(2)3)19-40(6,7)21-50-39(49)29-12-10-16-46(44-29)38(48)30(18-33-42-31(25)20-51-33)43-37(47)34-23(4)24(34)5/h9,11,13-15,17,20,22-24,29-30,34,44H,8,10,12,16,18-19,21H2,1-7H3,(H,43,47)/t23-,24+,29-,30-,34?/m0/s1. The number of ether oxygens (including phenoxy) is 1. The average Bonchev–Trinajstić information content (AvgIpc) is 3.40. The summed E-state index contributed by atoms with van der Waals surface area (Å²) in [7, 11) is 0. The van der Waals surface area contributed by atoms with Gasteiger partial charge in [-0.25, -0.2) is 10.4 Å². The molecule has 270 valence electrons. The molecule has 1 unspecified atom stereocenters. The maximum atomic E-state index is 14.1. The zero-order valence-corrected chi connectivity index (χ0v) is 31.6. The Balaban J connectivity index is 1.35. The van der Waals surface area contributed by atoms with Gasteiger partial charge in [-0.2, -0.15) is 0 Å². The number of nitrogens with one attached hydrogen (secondary N) is 2. The van der Waals surface area contributed by atoms with Gasteiger partial charge in [0.2, 0.25) is 5.91 Å². The third-order valence-electron chi connectivity index (χ3n) is 11.1. The summed E-state index contributed by atoms with van der Waals surface area (Å²) in [6.45, 7) is 16.4. The van der Waals surface area contributed by atoms with Crippen molar-refractivity contribution in [1.82, 2.24) is 30.3 Å². The van der Waals surface area contributed by atoms with Gasteiger partial charge in [0.15, 0.2) is 0 Å². The van der Waals surface area contributed by atoms with E-state index < -0.39 is 17.5 Å². The van der Waals surface area contributed by atoms with E-state index in [4.69, 9.17) is 14.7 Å². The van der Waals surface area contributed by atoms with Crippen LogP contribution in [0.4, 0.5) is 0 Å². The lowest BCUT2D eigenvalue weighted by molar-refractivity contribution is -0.155. The molecule has 2 aliphatic heterocycles. The lowest BCUT2D eigenvalue weighted by Gasteiger charge is -2.35. The highest BCUT2D eigenvalue weighted by Gasteiger charge is 2.49. The summed E-state index contributed by atoms with van der Waals surface area (Å²) >= 11 is 1.50. The summed E-state index contributed by atoms with van der Waals surface area (Å²) in [6, 6.07) is 9.24. The molecule has 4 aromatic rings. The van der Waals surface area contributed by atoms with Crippen LogP contribution < -0.4 is 10.7 Å². The number of thiazole rings is 1. The molecule has 11 heteroatoms. The maximum absolute atomic E-state index is 14.1. The molecule has 3 aromatic heterocycles. The molecule has 51 heavy (non-hydrogen) atoms. The Morgan fingerprint density at radius 1 is 1.18 bits per heavy atom. The number of hydrogen-bond donors (Lipinski definition) is 2. The monoisotopic (exact) mass is 710 g/mol. The number of aromatic nitrogens is 3. The normalized spacial score (nSPS) is 25.1. The van der Waals surface area contributed by atoms with Gasteiger partial charge in [0, 0.05) is 64.4 Å². The molecule has 5 atom stereocenters. The summed E-state index contributed by atoms with van der Waals surface area (Å²) < 4.78 is 8.44. The van der Waals surface area contributed by atoms with Gasteiger partial charge >= 0.3 is 5.97 Å². The fourth-order valence-corrected chi connectivity index (χ4v) is 8.85. The van der Waals surface area contributed by atoms with Crippen LogP contribution in [0.5, 0.6) is 0 Å². The highest BCUT2D eigenvalue weighted by atomic mass is 32.1. The van der Waals surface area contributed by atoms with E-state index in [-0.39, 0.29) is 54.5 Å². The largest absolute Gasteiger partial charge is 0.464 e. The number of fused-ring (bicyclic) bond motifs is 6. The van der Waals surface area contributed by atoms with Crippen molar-refractivity contribution in [3.63, 3.8) is 0 Å². The van der Waals surface area contributed by atoms with E-state index in [2.05, 4.69) is 88.0 Å². The molecule has 1 aliphatic carbocycles. The molecule has 5 heterocycles. The molecule has 7 rings (SSSR count). The van der Waals surface area contributed by atoms with Gasteiger partial charge in [-0.05, 0) is 73.8 Å². The first-order valence-electron chi connectivity index (χ1n) is 18.5. The van der Waals surface area contributed by atoms with Crippen molar-refractivity contribution in [2.45, 2.75) is 98.7 Å². The van der Waals surface area contributed by atoms with Crippen LogP contribution in [0.3, 0.4) is 0 Å². The first kappa shape index (κ1) is 35.3. The smallest absolute Gasteiger partial charge is 0.324 e. The topological polar surface area (TPSA) is 118 Å². The molecule has 2 amide bonds. The van der Waals surface area contributed by atoms with Crippen molar-refractivity contribution >= 4 is 40.0 Å². The van der Waals surface area contributed by atoms with Gasteiger partial charge in [-0.3, -0.25) is 24.4 Å². The Bertz CT molecular complexity index is 1970. The minimum absolute atomic E-state index is 0.106. The van der Waals surface area contributed by atoms with Crippen LogP contribution in [0, 0.1) is 23.2 Å². The molecule has 6 bridgehead atoms. The highest BCUT2D eigenvalue weighted by Crippen LogP contribution is 2.45. The van der Waals surface area contributed by atoms with Gasteiger partial charge < -0.3 is 14.6 Å². The lowest BCUT2D eigenvalue weighted by atomic mass is 9.84. The lowest BCUT2D eigenvalue weighted by Crippen LogP contribution is -2.60. The molecule has 3 aliphatic rings. The van der Waals surface area contributed by atoms with Gasteiger partial charge in [0.1, 0.15) is 12.1 Å². The SMILES string of the molecule is CCn1c(-c2cccnc2C(C)C)c2c3cc(ccc31)-c1csc(n1)C[C@H](NC(=O)C1[C@@H](C)[C@H]1C)C(=O)N1CCC[C@H](N1)C(=O)OCC(C)(C)C2. The number of pyridine rings is 1. The Kier molecular flexibility index (Phi) is 9.56. The van der Waals surface area contributed by atoms with Crippen molar-refractivity contribution < 1.29 is 19.1 Å². The first-order valence-corrected chi connectivity index (χ1v) is 19.3. The van der Waals surface area contributed by atoms with Crippen LogP contribution in [0.15, 0.2) is 41.9 Å². The number of cyclic esters (lactones) is 1. The summed E-state index contributed by atoms with van der Waals surface area (Å²) in [5.74, 6) is -0.0711. The van der Waals surface area contributed by atoms with Crippen molar-refractivity contribution in [2.24, 2.45) is 23.2 Å². The van der Waals surface area contributed by atoms with Gasteiger partial charge in [-0.1, -0.05) is 47.6 Å². The number of carbonyl (C=O) groups is 3. The number of amides is 2. The van der Waals surface area contributed by atoms with Crippen LogP contribution in [-0.4, -0.2) is 62.6 Å². The number of benzene rings is 1. The van der Waals surface area contributed by atoms with Crippen molar-refractivity contribution in [1.29, 1.82) is 0 Å². The van der Waals surface area contributed by atoms with Crippen molar-refractivity contribution in [3.05, 3.63) is 58.2 Å². The molecular formula is C40H50N6O4S. The van der Waals surface area contributed by atoms with Gasteiger partial charge in [-0.15, -0.1) is 11.3 Å². The number of carbonyl (C=O) groups excluding carboxylic acids is 3. The van der Waals surface area contributed by atoms with E-state index in [1.807, 2.05) is 17.6 Å². The molecule has 2 fully saturated rings. The zero-order chi connectivity index (χ0) is 36.2. The predicted molar refractivity (Wildman–Crippen MR) is 200 cm³/mol. The summed E-state index contributed by atoms with van der Waals surface area (Å²) in [6.07, 6.45) is 3.99. The third kappa shape index (κ3) is 6.82. The average molecular weight is 711 g/mol. The summed E-state index contributed by atoms with van der Waals surface area (Å²) in [4.78, 5) is 50.9. The zero-order valence-electron chi connectivity index (χ0n) is 30.8. The van der Waals surface area contributed by atoms with Crippen LogP contribution in [0.2, 0.25) is 0 Å². The number of hydrogen-bond acceptors (Lipinski definition) is 8. The first-order chi connectivity index (χ1) is 24.4. The second kappa shape index (κ2) is 13.8. The Labute approximate surface area is 304 Å². The maximum Gasteiger partial charge on any atom is 0.324 e. The molecule has 0 radical (unpaired) electrons. The Morgan fingerprint density at radius 2 is 1.96 bits per heavy atom. The van der Waals surface area contributed by atoms with Gasteiger partial charge in [0.25, 0.3) is 5.91 Å². The molecular weight excluding hydrogens is 661 g/mol. The summed E-state index contributed by atoms with van der Waals surface area (Å²) in [5.41, 5.74) is 10.2. The highest BCUT2D eigenvalue weighted by molar-refractivity contribution is 7.10. The van der Waals surface area contributed by atoms with Crippen molar-refractivity contribution in [3.8, 4) is 22.5 Å². The minimum Gasteiger partial charge on any atom is -0.464 e. The quantitative estimate of drug-likeness (QED) is 0.227. The minimum atomic E-state index is -0.818. The Morgan fingerprint density at radius 3 is 2.69 bits per heavy atom. The molecule has 2 N–H and O–H groups in total. The number of rotatable bonds is 5. The fraction of sp³-hybridized carbons (Fsp3) is 0.525. The third-order valence-corrected chi connectivity index (χ3v) is 12.0. The Hall–Kier alpha value is -4.09. The number of hydrazine groups is 1.